The summed E-state index contributed by atoms with van der Waals surface area (Å²) in [6.45, 7) is 6.01. The van der Waals surface area contributed by atoms with Gasteiger partial charge in [-0.1, -0.05) is 0 Å². The van der Waals surface area contributed by atoms with Gasteiger partial charge in [-0.05, 0) is 38.1 Å². The summed E-state index contributed by atoms with van der Waals surface area (Å²) >= 11 is 0. The van der Waals surface area contributed by atoms with Crippen molar-refractivity contribution in [3.63, 3.8) is 0 Å². The van der Waals surface area contributed by atoms with Crippen molar-refractivity contribution in [2.75, 3.05) is 67.1 Å². The Hall–Kier alpha value is -1.34. The monoisotopic (exact) mass is 354 g/mol. The van der Waals surface area contributed by atoms with Crippen LogP contribution in [0, 0.1) is 11.8 Å². The number of carbonyl (C=O) groups is 2. The molecule has 0 aliphatic carbocycles. The molecule has 2 aliphatic rings. The maximum Gasteiger partial charge on any atom is 0.319 e. The van der Waals surface area contributed by atoms with Gasteiger partial charge < -0.3 is 24.8 Å². The molecule has 0 bridgehead atoms. The van der Waals surface area contributed by atoms with Crippen LogP contribution in [0.25, 0.3) is 0 Å². The molecule has 3 amide bonds. The maximum absolute atomic E-state index is 12.4. The number of nitrogens with one attached hydrogen (secondary N) is 1. The van der Waals surface area contributed by atoms with Gasteiger partial charge in [0.15, 0.2) is 0 Å². The minimum atomic E-state index is 0.0391. The van der Waals surface area contributed by atoms with Gasteiger partial charge in [-0.3, -0.25) is 4.79 Å². The Morgan fingerprint density at radius 1 is 1.16 bits per heavy atom. The van der Waals surface area contributed by atoms with Crippen LogP contribution in [0.3, 0.4) is 0 Å². The van der Waals surface area contributed by atoms with E-state index < -0.39 is 0 Å². The summed E-state index contributed by atoms with van der Waals surface area (Å²) in [4.78, 5) is 30.3. The molecular weight excluding hydrogens is 320 g/mol. The smallest absolute Gasteiger partial charge is 0.319 e. The number of hydrogen-bond acceptors (Lipinski definition) is 4. The highest BCUT2D eigenvalue weighted by atomic mass is 16.5. The third kappa shape index (κ3) is 6.15. The van der Waals surface area contributed by atoms with Crippen LogP contribution in [0.5, 0.6) is 0 Å². The molecule has 7 nitrogen and oxygen atoms in total. The van der Waals surface area contributed by atoms with Crippen LogP contribution < -0.4 is 5.32 Å². The molecule has 25 heavy (non-hydrogen) atoms. The molecule has 2 fully saturated rings. The van der Waals surface area contributed by atoms with E-state index >= 15 is 0 Å². The lowest BCUT2D eigenvalue weighted by molar-refractivity contribution is -0.126. The summed E-state index contributed by atoms with van der Waals surface area (Å²) < 4.78 is 5.16. The normalized spacial score (nSPS) is 22.7. The molecule has 0 aromatic heterocycles. The predicted octanol–water partition coefficient (Wildman–Crippen LogP) is 0.855. The third-order valence-corrected chi connectivity index (χ3v) is 5.30. The topological polar surface area (TPSA) is 65.1 Å². The number of hydrogen-bond donors (Lipinski definition) is 1. The first-order valence-electron chi connectivity index (χ1n) is 9.46. The highest BCUT2D eigenvalue weighted by molar-refractivity contribution is 5.79. The minimum Gasteiger partial charge on any atom is -0.383 e. The summed E-state index contributed by atoms with van der Waals surface area (Å²) in [6.07, 6.45) is 3.89. The summed E-state index contributed by atoms with van der Waals surface area (Å²) in [5.41, 5.74) is 0. The molecule has 0 saturated carbocycles. The van der Waals surface area contributed by atoms with Crippen molar-refractivity contribution in [3.05, 3.63) is 0 Å². The van der Waals surface area contributed by atoms with Gasteiger partial charge in [0.2, 0.25) is 5.91 Å². The van der Waals surface area contributed by atoms with E-state index in [2.05, 4.69) is 10.2 Å². The standard InChI is InChI=1S/C18H34N4O3/c1-20(2)18(24)22-9-6-16(7-10-22)17(23)19-13-15-5-4-8-21(14-15)11-12-25-3/h15-16H,4-14H2,1-3H3,(H,19,23)/t15-/m1/s1. The lowest BCUT2D eigenvalue weighted by Crippen LogP contribution is -2.47. The van der Waals surface area contributed by atoms with Crippen LogP contribution in [0.2, 0.25) is 0 Å². The first kappa shape index (κ1) is 20.0. The number of methoxy groups -OCH3 is 1. The summed E-state index contributed by atoms with van der Waals surface area (Å²) in [6, 6.07) is 0.0391. The molecule has 2 heterocycles. The number of urea groups is 1. The Kier molecular flexibility index (Phi) is 7.96. The molecule has 0 radical (unpaired) electrons. The number of piperidine rings is 2. The molecule has 1 N–H and O–H groups in total. The van der Waals surface area contributed by atoms with Crippen LogP contribution in [0.1, 0.15) is 25.7 Å². The van der Waals surface area contributed by atoms with E-state index in [1.807, 2.05) is 4.90 Å². The van der Waals surface area contributed by atoms with Crippen LogP contribution in [-0.4, -0.2) is 93.7 Å². The summed E-state index contributed by atoms with van der Waals surface area (Å²) in [7, 11) is 5.27. The number of amides is 3. The first-order valence-corrected chi connectivity index (χ1v) is 9.46. The van der Waals surface area contributed by atoms with Crippen LogP contribution in [0.4, 0.5) is 4.79 Å². The average Bonchev–Trinajstić information content (AvgIpc) is 2.64. The van der Waals surface area contributed by atoms with Crippen molar-refractivity contribution in [1.82, 2.24) is 20.0 Å². The Balaban J connectivity index is 1.68. The van der Waals surface area contributed by atoms with Crippen LogP contribution >= 0.6 is 0 Å². The quantitative estimate of drug-likeness (QED) is 0.768. The zero-order valence-corrected chi connectivity index (χ0v) is 16.0. The van der Waals surface area contributed by atoms with Crippen molar-refractivity contribution in [3.8, 4) is 0 Å². The molecule has 1 atom stereocenters. The van der Waals surface area contributed by atoms with Gasteiger partial charge in [0.05, 0.1) is 6.61 Å². The van der Waals surface area contributed by atoms with Gasteiger partial charge in [-0.15, -0.1) is 0 Å². The highest BCUT2D eigenvalue weighted by Gasteiger charge is 2.28. The molecule has 0 aromatic rings. The van der Waals surface area contributed by atoms with E-state index in [1.54, 1.807) is 26.1 Å². The second kappa shape index (κ2) is 9.97. The molecule has 144 valence electrons. The minimum absolute atomic E-state index is 0.0391. The number of rotatable bonds is 6. The van der Waals surface area contributed by atoms with Crippen LogP contribution in [-0.2, 0) is 9.53 Å². The van der Waals surface area contributed by atoms with E-state index in [4.69, 9.17) is 4.74 Å². The molecule has 0 unspecified atom stereocenters. The fourth-order valence-corrected chi connectivity index (χ4v) is 3.75. The predicted molar refractivity (Wildman–Crippen MR) is 97.4 cm³/mol. The Morgan fingerprint density at radius 3 is 2.52 bits per heavy atom. The van der Waals surface area contributed by atoms with Crippen LogP contribution in [0.15, 0.2) is 0 Å². The van der Waals surface area contributed by atoms with E-state index in [0.29, 0.717) is 19.0 Å². The first-order chi connectivity index (χ1) is 12.0. The fraction of sp³-hybridized carbons (Fsp3) is 0.889. The van der Waals surface area contributed by atoms with E-state index in [0.717, 1.165) is 45.6 Å². The van der Waals surface area contributed by atoms with Crippen molar-refractivity contribution < 1.29 is 14.3 Å². The second-order valence-electron chi connectivity index (χ2n) is 7.49. The molecular formula is C18H34N4O3. The second-order valence-corrected chi connectivity index (χ2v) is 7.49. The number of likely N-dealkylation sites (tertiary alicyclic amines) is 2. The lowest BCUT2D eigenvalue weighted by atomic mass is 9.94. The highest BCUT2D eigenvalue weighted by Crippen LogP contribution is 2.19. The molecule has 7 heteroatoms. The van der Waals surface area contributed by atoms with Crippen molar-refractivity contribution >= 4 is 11.9 Å². The molecule has 0 aromatic carbocycles. The Bertz CT molecular complexity index is 436. The van der Waals surface area contributed by atoms with Crippen molar-refractivity contribution in [2.45, 2.75) is 25.7 Å². The summed E-state index contributed by atoms with van der Waals surface area (Å²) in [5.74, 6) is 0.732. The maximum atomic E-state index is 12.4. The number of ether oxygens (including phenoxy) is 1. The zero-order valence-electron chi connectivity index (χ0n) is 16.0. The van der Waals surface area contributed by atoms with E-state index in [-0.39, 0.29) is 17.9 Å². The number of nitrogens with zero attached hydrogens (tertiary/aromatic N) is 3. The van der Waals surface area contributed by atoms with Gasteiger partial charge in [0, 0.05) is 59.8 Å². The van der Waals surface area contributed by atoms with Gasteiger partial charge in [-0.25, -0.2) is 4.79 Å². The van der Waals surface area contributed by atoms with Gasteiger partial charge in [-0.2, -0.15) is 0 Å². The van der Waals surface area contributed by atoms with Crippen molar-refractivity contribution in [2.24, 2.45) is 11.8 Å². The molecule has 0 spiro atoms. The molecule has 2 aliphatic heterocycles. The third-order valence-electron chi connectivity index (χ3n) is 5.30. The van der Waals surface area contributed by atoms with E-state index in [1.165, 1.54) is 12.8 Å². The molecule has 2 rings (SSSR count). The molecule has 2 saturated heterocycles. The fourth-order valence-electron chi connectivity index (χ4n) is 3.75. The number of carbonyl (C=O) groups excluding carboxylic acids is 2. The Labute approximate surface area is 151 Å². The van der Waals surface area contributed by atoms with Gasteiger partial charge in [0.25, 0.3) is 0 Å². The summed E-state index contributed by atoms with van der Waals surface area (Å²) in [5, 5.41) is 3.15. The lowest BCUT2D eigenvalue weighted by Gasteiger charge is -2.34. The SMILES string of the molecule is COCCN1CCC[C@H](CNC(=O)C2CCN(C(=O)N(C)C)CC2)C1. The average molecular weight is 354 g/mol. The Morgan fingerprint density at radius 2 is 1.88 bits per heavy atom. The van der Waals surface area contributed by atoms with Gasteiger partial charge >= 0.3 is 6.03 Å². The van der Waals surface area contributed by atoms with Gasteiger partial charge in [0.1, 0.15) is 0 Å². The zero-order chi connectivity index (χ0) is 18.2. The van der Waals surface area contributed by atoms with Crippen molar-refractivity contribution in [1.29, 1.82) is 0 Å². The largest absolute Gasteiger partial charge is 0.383 e. The van der Waals surface area contributed by atoms with E-state index in [9.17, 15) is 9.59 Å².